The molecule has 0 spiro atoms. The first-order chi connectivity index (χ1) is 8.77. The highest BCUT2D eigenvalue weighted by molar-refractivity contribution is 5.24. The Kier molecular flexibility index (Phi) is 7.11. The lowest BCUT2D eigenvalue weighted by atomic mass is 10.2. The van der Waals surface area contributed by atoms with E-state index in [-0.39, 0.29) is 0 Å². The summed E-state index contributed by atoms with van der Waals surface area (Å²) in [5.41, 5.74) is 2.28. The number of allylic oxidation sites excluding steroid dienone is 1. The molecule has 0 atom stereocenters. The fraction of sp³-hybridized carbons (Fsp3) is 0.533. The van der Waals surface area contributed by atoms with Crippen LogP contribution in [0.5, 0.6) is 5.88 Å². The first-order valence-electron chi connectivity index (χ1n) is 6.68. The molecule has 1 N–H and O–H groups in total. The molecule has 0 aliphatic carbocycles. The summed E-state index contributed by atoms with van der Waals surface area (Å²) in [5.74, 6) is 0.718. The first-order valence-corrected chi connectivity index (χ1v) is 6.68. The molecule has 1 rings (SSSR count). The number of aromatic nitrogens is 1. The Bertz CT molecular complexity index is 364. The fourth-order valence-corrected chi connectivity index (χ4v) is 1.64. The van der Waals surface area contributed by atoms with Gasteiger partial charge in [0.2, 0.25) is 5.88 Å². The van der Waals surface area contributed by atoms with Gasteiger partial charge in [-0.3, -0.25) is 0 Å². The van der Waals surface area contributed by atoms with Gasteiger partial charge >= 0.3 is 0 Å². The maximum atomic E-state index is 5.59. The van der Waals surface area contributed by atoms with Crippen LogP contribution in [-0.2, 0) is 6.54 Å². The van der Waals surface area contributed by atoms with Crippen LogP contribution in [0.15, 0.2) is 24.8 Å². The number of unbranched alkanes of at least 4 members (excludes halogenated alkanes) is 1. The summed E-state index contributed by atoms with van der Waals surface area (Å²) in [4.78, 5) is 4.46. The Hall–Kier alpha value is -1.35. The van der Waals surface area contributed by atoms with Crippen LogP contribution in [0.4, 0.5) is 0 Å². The summed E-state index contributed by atoms with van der Waals surface area (Å²) in [6.45, 7) is 10.5. The minimum Gasteiger partial charge on any atom is -0.478 e. The second kappa shape index (κ2) is 8.70. The molecule has 100 valence electrons. The van der Waals surface area contributed by atoms with Gasteiger partial charge in [-0.25, -0.2) is 4.98 Å². The third kappa shape index (κ3) is 5.32. The fourth-order valence-electron chi connectivity index (χ4n) is 1.64. The number of hydrogen-bond donors (Lipinski definition) is 1. The molecule has 0 radical (unpaired) electrons. The predicted molar refractivity (Wildman–Crippen MR) is 75.9 cm³/mol. The van der Waals surface area contributed by atoms with Crippen LogP contribution >= 0.6 is 0 Å². The van der Waals surface area contributed by atoms with Gasteiger partial charge in [-0.1, -0.05) is 19.1 Å². The number of nitrogens with zero attached hydrogens (tertiary/aromatic N) is 1. The number of pyridine rings is 1. The van der Waals surface area contributed by atoms with Crippen molar-refractivity contribution >= 4 is 0 Å². The highest BCUT2D eigenvalue weighted by Crippen LogP contribution is 2.12. The zero-order valence-electron chi connectivity index (χ0n) is 11.5. The normalized spacial score (nSPS) is 10.3. The van der Waals surface area contributed by atoms with Crippen LogP contribution in [0, 0.1) is 6.92 Å². The number of hydrogen-bond acceptors (Lipinski definition) is 3. The van der Waals surface area contributed by atoms with Crippen LogP contribution in [0.2, 0.25) is 0 Å². The summed E-state index contributed by atoms with van der Waals surface area (Å²) in [6.07, 6.45) is 5.03. The number of ether oxygens (including phenoxy) is 1. The largest absolute Gasteiger partial charge is 0.478 e. The van der Waals surface area contributed by atoms with Gasteiger partial charge in [-0.2, -0.15) is 0 Å². The average Bonchev–Trinajstić information content (AvgIpc) is 2.37. The van der Waals surface area contributed by atoms with E-state index in [0.29, 0.717) is 6.61 Å². The molecule has 0 bridgehead atoms. The molecule has 0 saturated heterocycles. The minimum absolute atomic E-state index is 0.700. The van der Waals surface area contributed by atoms with E-state index in [1.807, 2.05) is 19.1 Å². The molecule has 1 heterocycles. The summed E-state index contributed by atoms with van der Waals surface area (Å²) in [7, 11) is 0. The smallest absolute Gasteiger partial charge is 0.213 e. The van der Waals surface area contributed by atoms with Crippen molar-refractivity contribution in [2.75, 3.05) is 13.2 Å². The second-order valence-corrected chi connectivity index (χ2v) is 4.35. The number of aryl methyl sites for hydroxylation is 1. The molecule has 3 heteroatoms. The van der Waals surface area contributed by atoms with Crippen LogP contribution in [-0.4, -0.2) is 18.1 Å². The summed E-state index contributed by atoms with van der Waals surface area (Å²) < 4.78 is 5.59. The van der Waals surface area contributed by atoms with E-state index in [4.69, 9.17) is 4.74 Å². The summed E-state index contributed by atoms with van der Waals surface area (Å²) >= 11 is 0. The highest BCUT2D eigenvalue weighted by atomic mass is 16.5. The number of rotatable bonds is 9. The molecular weight excluding hydrogens is 224 g/mol. The van der Waals surface area contributed by atoms with Crippen LogP contribution in [0.25, 0.3) is 0 Å². The van der Waals surface area contributed by atoms with E-state index < -0.39 is 0 Å². The lowest BCUT2D eigenvalue weighted by molar-refractivity contribution is 0.299. The molecule has 3 nitrogen and oxygen atoms in total. The molecule has 18 heavy (non-hydrogen) atoms. The van der Waals surface area contributed by atoms with E-state index >= 15 is 0 Å². The van der Waals surface area contributed by atoms with Gasteiger partial charge in [0.25, 0.3) is 0 Å². The van der Waals surface area contributed by atoms with E-state index in [1.54, 1.807) is 0 Å². The monoisotopic (exact) mass is 248 g/mol. The lowest BCUT2D eigenvalue weighted by Crippen LogP contribution is -2.15. The van der Waals surface area contributed by atoms with Crippen LogP contribution < -0.4 is 10.1 Å². The Balaban J connectivity index is 2.43. The van der Waals surface area contributed by atoms with Gasteiger partial charge < -0.3 is 10.1 Å². The Morgan fingerprint density at radius 3 is 2.94 bits per heavy atom. The van der Waals surface area contributed by atoms with Crippen LogP contribution in [0.3, 0.4) is 0 Å². The first kappa shape index (κ1) is 14.7. The Labute approximate surface area is 110 Å². The minimum atomic E-state index is 0.700. The topological polar surface area (TPSA) is 34.1 Å². The maximum Gasteiger partial charge on any atom is 0.213 e. The van der Waals surface area contributed by atoms with Crippen molar-refractivity contribution in [1.82, 2.24) is 10.3 Å². The molecule has 0 unspecified atom stereocenters. The third-order valence-electron chi connectivity index (χ3n) is 2.71. The lowest BCUT2D eigenvalue weighted by Gasteiger charge is -2.09. The van der Waals surface area contributed by atoms with E-state index in [1.165, 1.54) is 5.56 Å². The molecule has 0 aliphatic rings. The van der Waals surface area contributed by atoms with E-state index in [9.17, 15) is 0 Å². The third-order valence-corrected chi connectivity index (χ3v) is 2.71. The van der Waals surface area contributed by atoms with Crippen molar-refractivity contribution < 1.29 is 4.74 Å². The number of nitrogens with one attached hydrogen (secondary N) is 1. The molecule has 0 saturated carbocycles. The molecule has 0 aliphatic heterocycles. The van der Waals surface area contributed by atoms with Gasteiger partial charge in [0.05, 0.1) is 6.61 Å². The zero-order chi connectivity index (χ0) is 13.2. The maximum absolute atomic E-state index is 5.59. The SMILES string of the molecule is C=CCCCOc1ccc(CNCCC)c(C)n1. The molecule has 1 aromatic rings. The van der Waals surface area contributed by atoms with Gasteiger partial charge in [-0.15, -0.1) is 6.58 Å². The standard InChI is InChI=1S/C15H24N2O/c1-4-6-7-11-18-15-9-8-14(13(3)17-15)12-16-10-5-2/h4,8-9,16H,1,5-7,10-12H2,2-3H3. The molecule has 0 aromatic carbocycles. The van der Waals surface area contributed by atoms with E-state index in [2.05, 4.69) is 29.9 Å². The van der Waals surface area contributed by atoms with Gasteiger partial charge in [-0.05, 0) is 38.3 Å². The quantitative estimate of drug-likeness (QED) is 0.538. The molecule has 1 aromatic heterocycles. The summed E-state index contributed by atoms with van der Waals surface area (Å²) in [5, 5.41) is 3.38. The molecular formula is C15H24N2O. The molecule has 0 amide bonds. The average molecular weight is 248 g/mol. The predicted octanol–water partition coefficient (Wildman–Crippen LogP) is 3.23. The van der Waals surface area contributed by atoms with Crippen molar-refractivity contribution in [3.05, 3.63) is 36.0 Å². The zero-order valence-corrected chi connectivity index (χ0v) is 11.5. The van der Waals surface area contributed by atoms with Gasteiger partial charge in [0, 0.05) is 18.3 Å². The van der Waals surface area contributed by atoms with Gasteiger partial charge in [0.15, 0.2) is 0 Å². The second-order valence-electron chi connectivity index (χ2n) is 4.35. The van der Waals surface area contributed by atoms with Crippen molar-refractivity contribution in [3.63, 3.8) is 0 Å². The van der Waals surface area contributed by atoms with Crippen molar-refractivity contribution in [2.45, 2.75) is 39.7 Å². The van der Waals surface area contributed by atoms with Crippen LogP contribution in [0.1, 0.15) is 37.4 Å². The Morgan fingerprint density at radius 2 is 2.28 bits per heavy atom. The highest BCUT2D eigenvalue weighted by Gasteiger charge is 2.02. The van der Waals surface area contributed by atoms with Crippen molar-refractivity contribution in [2.24, 2.45) is 0 Å². The van der Waals surface area contributed by atoms with Crippen molar-refractivity contribution in [1.29, 1.82) is 0 Å². The van der Waals surface area contributed by atoms with Crippen molar-refractivity contribution in [3.8, 4) is 5.88 Å². The van der Waals surface area contributed by atoms with Gasteiger partial charge in [0.1, 0.15) is 0 Å². The summed E-state index contributed by atoms with van der Waals surface area (Å²) in [6, 6.07) is 4.04. The van der Waals surface area contributed by atoms with E-state index in [0.717, 1.165) is 43.9 Å². The Morgan fingerprint density at radius 1 is 1.44 bits per heavy atom. The molecule has 0 fully saturated rings.